The topological polar surface area (TPSA) is 79.9 Å². The molecule has 1 aliphatic heterocycles. The largest absolute Gasteiger partial charge is 0.416 e. The summed E-state index contributed by atoms with van der Waals surface area (Å²) >= 11 is 0. The first kappa shape index (κ1) is 24.8. The maximum atomic E-state index is 13.7. The van der Waals surface area contributed by atoms with E-state index < -0.39 is 12.2 Å². The average molecular weight is 479 g/mol. The van der Waals surface area contributed by atoms with E-state index in [0.29, 0.717) is 50.4 Å². The van der Waals surface area contributed by atoms with Crippen LogP contribution < -0.4 is 10.3 Å². The first-order valence-corrected chi connectivity index (χ1v) is 12.3. The second-order valence-corrected chi connectivity index (χ2v) is 8.99. The van der Waals surface area contributed by atoms with Crippen molar-refractivity contribution in [2.45, 2.75) is 39.2 Å². The van der Waals surface area contributed by atoms with Gasteiger partial charge >= 0.3 is 6.09 Å². The zero-order chi connectivity index (χ0) is 24.8. The fourth-order valence-corrected chi connectivity index (χ4v) is 4.44. The Kier molecular flexibility index (Phi) is 8.05. The number of amides is 1. The third-order valence-corrected chi connectivity index (χ3v) is 6.22. The highest BCUT2D eigenvalue weighted by molar-refractivity contribution is 5.71. The van der Waals surface area contributed by atoms with Gasteiger partial charge in [-0.3, -0.25) is 9.69 Å². The van der Waals surface area contributed by atoms with Crippen molar-refractivity contribution in [3.05, 3.63) is 76.6 Å². The predicted molar refractivity (Wildman–Crippen MR) is 136 cm³/mol. The number of hydrogen-bond donors (Lipinski definition) is 1. The molecular weight excluding hydrogens is 444 g/mol. The van der Waals surface area contributed by atoms with Gasteiger partial charge in [0.15, 0.2) is 0 Å². The summed E-state index contributed by atoms with van der Waals surface area (Å²) < 4.78 is 9.33. The number of para-hydroxylation sites is 2. The Labute approximate surface area is 205 Å². The van der Waals surface area contributed by atoms with Crippen LogP contribution in [0.2, 0.25) is 0 Å². The van der Waals surface area contributed by atoms with Crippen LogP contribution in [0.1, 0.15) is 32.3 Å². The number of unbranched alkanes of at least 4 members (excludes halogenated alkanes) is 1. The van der Waals surface area contributed by atoms with Crippen molar-refractivity contribution in [2.24, 2.45) is 0 Å². The molecule has 0 bridgehead atoms. The van der Waals surface area contributed by atoms with Crippen molar-refractivity contribution >= 4 is 6.09 Å². The van der Waals surface area contributed by atoms with Crippen LogP contribution in [0.15, 0.2) is 65.5 Å². The van der Waals surface area contributed by atoms with Crippen molar-refractivity contribution in [1.82, 2.24) is 19.2 Å². The molecule has 1 fully saturated rings. The summed E-state index contributed by atoms with van der Waals surface area (Å²) in [6.45, 7) is 6.76. The minimum atomic E-state index is -0.464. The van der Waals surface area contributed by atoms with Crippen molar-refractivity contribution in [3.63, 3.8) is 0 Å². The van der Waals surface area contributed by atoms with Crippen LogP contribution in [0, 0.1) is 0 Å². The molecular formula is C27H34N4O4. The Morgan fingerprint density at radius 1 is 0.943 bits per heavy atom. The van der Waals surface area contributed by atoms with Crippen LogP contribution in [0.3, 0.4) is 0 Å². The van der Waals surface area contributed by atoms with E-state index in [4.69, 9.17) is 4.74 Å². The molecule has 1 atom stereocenters. The van der Waals surface area contributed by atoms with Crippen LogP contribution in [0.4, 0.5) is 4.79 Å². The number of carbonyl (C=O) groups is 1. The number of rotatable bonds is 8. The summed E-state index contributed by atoms with van der Waals surface area (Å²) in [6.07, 6.45) is 1.37. The van der Waals surface area contributed by atoms with Gasteiger partial charge in [-0.15, -0.1) is 0 Å². The van der Waals surface area contributed by atoms with E-state index in [2.05, 4.69) is 11.8 Å². The van der Waals surface area contributed by atoms with E-state index in [1.54, 1.807) is 21.2 Å². The van der Waals surface area contributed by atoms with Gasteiger partial charge in [-0.25, -0.2) is 14.2 Å². The second kappa shape index (κ2) is 11.4. The minimum absolute atomic E-state index is 0.182. The molecule has 0 aliphatic carbocycles. The fourth-order valence-electron chi connectivity index (χ4n) is 4.44. The number of hydrogen-bond acceptors (Lipinski definition) is 5. The molecule has 1 unspecified atom stereocenters. The molecule has 1 aromatic heterocycles. The van der Waals surface area contributed by atoms with Gasteiger partial charge in [0.25, 0.3) is 5.56 Å². The van der Waals surface area contributed by atoms with E-state index in [-0.39, 0.29) is 11.4 Å². The number of aliphatic hydroxyl groups excluding tert-OH is 1. The normalized spacial score (nSPS) is 15.2. The van der Waals surface area contributed by atoms with Gasteiger partial charge in [0.1, 0.15) is 0 Å². The third-order valence-electron chi connectivity index (χ3n) is 6.22. The van der Waals surface area contributed by atoms with Crippen LogP contribution in [0.5, 0.6) is 5.88 Å². The van der Waals surface area contributed by atoms with Crippen molar-refractivity contribution in [2.75, 3.05) is 32.7 Å². The van der Waals surface area contributed by atoms with Crippen LogP contribution in [-0.4, -0.2) is 69.2 Å². The van der Waals surface area contributed by atoms with Gasteiger partial charge in [-0.05, 0) is 44.0 Å². The van der Waals surface area contributed by atoms with Crippen molar-refractivity contribution in [3.8, 4) is 17.3 Å². The van der Waals surface area contributed by atoms with E-state index in [1.165, 1.54) is 0 Å². The molecule has 8 nitrogen and oxygen atoms in total. The SMILES string of the molecule is CCCCc1c(OC(=O)N2CCN(CC(C)O)CC2)n(-c2ccccc2)n(-c2ccccc2)c1=O. The molecule has 8 heteroatoms. The van der Waals surface area contributed by atoms with Gasteiger partial charge < -0.3 is 14.7 Å². The van der Waals surface area contributed by atoms with Gasteiger partial charge in [-0.2, -0.15) is 0 Å². The van der Waals surface area contributed by atoms with E-state index in [9.17, 15) is 14.7 Å². The lowest BCUT2D eigenvalue weighted by molar-refractivity contribution is 0.0777. The first-order valence-electron chi connectivity index (χ1n) is 12.3. The molecule has 0 radical (unpaired) electrons. The summed E-state index contributed by atoms with van der Waals surface area (Å²) in [4.78, 5) is 30.8. The average Bonchev–Trinajstić information content (AvgIpc) is 3.14. The van der Waals surface area contributed by atoms with Gasteiger partial charge in [-0.1, -0.05) is 49.7 Å². The van der Waals surface area contributed by atoms with Crippen LogP contribution in [-0.2, 0) is 6.42 Å². The van der Waals surface area contributed by atoms with Crippen molar-refractivity contribution < 1.29 is 14.6 Å². The Morgan fingerprint density at radius 3 is 2.06 bits per heavy atom. The molecule has 2 heterocycles. The molecule has 0 spiro atoms. The standard InChI is InChI=1S/C27H34N4O4/c1-3-4-15-24-25(33)30(22-11-7-5-8-12-22)31(23-13-9-6-10-14-23)26(24)35-27(34)29-18-16-28(17-19-29)20-21(2)32/h5-14,21,32H,3-4,15-20H2,1-2H3. The third kappa shape index (κ3) is 5.66. The van der Waals surface area contributed by atoms with Gasteiger partial charge in [0, 0.05) is 32.7 Å². The molecule has 35 heavy (non-hydrogen) atoms. The van der Waals surface area contributed by atoms with Crippen molar-refractivity contribution in [1.29, 1.82) is 0 Å². The van der Waals surface area contributed by atoms with Crippen LogP contribution in [0.25, 0.3) is 11.4 Å². The lowest BCUT2D eigenvalue weighted by Gasteiger charge is -2.34. The number of β-amino-alcohol motifs (C(OH)–C–C–N with tert-alkyl or cyclic N) is 1. The predicted octanol–water partition coefficient (Wildman–Crippen LogP) is 3.47. The monoisotopic (exact) mass is 478 g/mol. The molecule has 1 amide bonds. The molecule has 2 aromatic carbocycles. The van der Waals surface area contributed by atoms with E-state index in [1.807, 2.05) is 60.7 Å². The van der Waals surface area contributed by atoms with Crippen LogP contribution >= 0.6 is 0 Å². The Balaban J connectivity index is 1.72. The maximum Gasteiger partial charge on any atom is 0.416 e. The lowest BCUT2D eigenvalue weighted by atomic mass is 10.1. The number of nitrogens with zero attached hydrogens (tertiary/aromatic N) is 4. The number of piperazine rings is 1. The maximum absolute atomic E-state index is 13.7. The summed E-state index contributed by atoms with van der Waals surface area (Å²) in [7, 11) is 0. The smallest absolute Gasteiger partial charge is 0.392 e. The quantitative estimate of drug-likeness (QED) is 0.536. The summed E-state index contributed by atoms with van der Waals surface area (Å²) in [5.74, 6) is 0.273. The lowest BCUT2D eigenvalue weighted by Crippen LogP contribution is -2.51. The van der Waals surface area contributed by atoms with Gasteiger partial charge in [0.05, 0.1) is 23.0 Å². The second-order valence-electron chi connectivity index (χ2n) is 8.99. The summed E-state index contributed by atoms with van der Waals surface area (Å²) in [5.41, 5.74) is 1.76. The Bertz CT molecular complexity index is 1160. The van der Waals surface area contributed by atoms with E-state index >= 15 is 0 Å². The number of aliphatic hydroxyl groups is 1. The van der Waals surface area contributed by atoms with E-state index in [0.717, 1.165) is 18.5 Å². The van der Waals surface area contributed by atoms with Gasteiger partial charge in [0.2, 0.25) is 5.88 Å². The Morgan fingerprint density at radius 2 is 1.51 bits per heavy atom. The molecule has 4 rings (SSSR count). The zero-order valence-corrected chi connectivity index (χ0v) is 20.5. The zero-order valence-electron chi connectivity index (χ0n) is 20.5. The number of benzene rings is 2. The number of carbonyl (C=O) groups excluding carboxylic acids is 1. The number of aromatic nitrogens is 2. The highest BCUT2D eigenvalue weighted by Gasteiger charge is 2.29. The molecule has 1 N–H and O–H groups in total. The highest BCUT2D eigenvalue weighted by atomic mass is 16.6. The molecule has 1 aliphatic rings. The fraction of sp³-hybridized carbons (Fsp3) is 0.407. The molecule has 1 saturated heterocycles. The Hall–Kier alpha value is -3.36. The molecule has 0 saturated carbocycles. The molecule has 3 aromatic rings. The number of ether oxygens (including phenoxy) is 1. The molecule has 186 valence electrons. The highest BCUT2D eigenvalue weighted by Crippen LogP contribution is 2.26. The summed E-state index contributed by atoms with van der Waals surface area (Å²) in [5, 5.41) is 9.66. The first-order chi connectivity index (χ1) is 17.0. The summed E-state index contributed by atoms with van der Waals surface area (Å²) in [6, 6.07) is 18.9. The minimum Gasteiger partial charge on any atom is -0.392 e.